The van der Waals surface area contributed by atoms with E-state index in [1.54, 1.807) is 6.21 Å². The van der Waals surface area contributed by atoms with Gasteiger partial charge in [-0.25, -0.2) is 0 Å². The number of morpholine rings is 1. The SMILES string of the molecule is Clc1ccc(Sc2oc(C=Nc3ccc(N4CCOCC4)cc3)cc2Br)cc1. The number of hydrogen-bond acceptors (Lipinski definition) is 5. The van der Waals surface area contributed by atoms with E-state index >= 15 is 0 Å². The summed E-state index contributed by atoms with van der Waals surface area (Å²) in [6.45, 7) is 3.42. The molecule has 1 saturated heterocycles. The van der Waals surface area contributed by atoms with Crippen molar-refractivity contribution >= 4 is 56.9 Å². The Balaban J connectivity index is 1.42. The molecule has 1 aliphatic heterocycles. The first-order valence-electron chi connectivity index (χ1n) is 8.87. The molecule has 0 amide bonds. The van der Waals surface area contributed by atoms with Gasteiger partial charge in [-0.1, -0.05) is 23.4 Å². The Labute approximate surface area is 181 Å². The average Bonchev–Trinajstić information content (AvgIpc) is 3.08. The highest BCUT2D eigenvalue weighted by Gasteiger charge is 2.11. The fraction of sp³-hybridized carbons (Fsp3) is 0.190. The lowest BCUT2D eigenvalue weighted by Crippen LogP contribution is -2.36. The van der Waals surface area contributed by atoms with Crippen molar-refractivity contribution in [1.29, 1.82) is 0 Å². The lowest BCUT2D eigenvalue weighted by atomic mass is 10.2. The summed E-state index contributed by atoms with van der Waals surface area (Å²) in [5.74, 6) is 0.695. The van der Waals surface area contributed by atoms with Crippen LogP contribution in [0.1, 0.15) is 5.76 Å². The van der Waals surface area contributed by atoms with Gasteiger partial charge in [-0.05, 0) is 64.5 Å². The smallest absolute Gasteiger partial charge is 0.179 e. The third kappa shape index (κ3) is 5.00. The van der Waals surface area contributed by atoms with Crippen LogP contribution in [0.4, 0.5) is 11.4 Å². The zero-order chi connectivity index (χ0) is 19.3. The van der Waals surface area contributed by atoms with E-state index in [1.807, 2.05) is 42.5 Å². The van der Waals surface area contributed by atoms with E-state index in [2.05, 4.69) is 38.0 Å². The molecule has 0 bridgehead atoms. The van der Waals surface area contributed by atoms with Gasteiger partial charge in [0.1, 0.15) is 5.76 Å². The summed E-state index contributed by atoms with van der Waals surface area (Å²) in [7, 11) is 0. The van der Waals surface area contributed by atoms with E-state index in [-0.39, 0.29) is 0 Å². The molecule has 7 heteroatoms. The molecule has 0 spiro atoms. The van der Waals surface area contributed by atoms with Gasteiger partial charge < -0.3 is 14.1 Å². The van der Waals surface area contributed by atoms with Crippen molar-refractivity contribution in [1.82, 2.24) is 0 Å². The van der Waals surface area contributed by atoms with Crippen LogP contribution < -0.4 is 4.90 Å². The molecule has 2 aromatic carbocycles. The maximum Gasteiger partial charge on any atom is 0.179 e. The first-order chi connectivity index (χ1) is 13.7. The van der Waals surface area contributed by atoms with Crippen molar-refractivity contribution in [3.63, 3.8) is 0 Å². The zero-order valence-corrected chi connectivity index (χ0v) is 18.1. The number of benzene rings is 2. The van der Waals surface area contributed by atoms with Gasteiger partial charge in [-0.3, -0.25) is 4.99 Å². The third-order valence-corrected chi connectivity index (χ3v) is 6.37. The molecule has 0 radical (unpaired) electrons. The summed E-state index contributed by atoms with van der Waals surface area (Å²) in [6.07, 6.45) is 1.74. The number of furan rings is 1. The molecule has 144 valence electrons. The summed E-state index contributed by atoms with van der Waals surface area (Å²) < 4.78 is 12.2. The summed E-state index contributed by atoms with van der Waals surface area (Å²) in [5.41, 5.74) is 2.08. The van der Waals surface area contributed by atoms with Crippen LogP contribution in [0, 0.1) is 0 Å². The van der Waals surface area contributed by atoms with Crippen LogP contribution >= 0.6 is 39.3 Å². The molecule has 0 aliphatic carbocycles. The lowest BCUT2D eigenvalue weighted by Gasteiger charge is -2.28. The second-order valence-electron chi connectivity index (χ2n) is 6.21. The van der Waals surface area contributed by atoms with Crippen LogP contribution in [0.25, 0.3) is 0 Å². The van der Waals surface area contributed by atoms with E-state index < -0.39 is 0 Å². The minimum Gasteiger partial charge on any atom is -0.447 e. The second-order valence-corrected chi connectivity index (χ2v) is 8.55. The number of anilines is 1. The summed E-state index contributed by atoms with van der Waals surface area (Å²) >= 11 is 11.0. The minimum atomic E-state index is 0.695. The molecule has 28 heavy (non-hydrogen) atoms. The Morgan fingerprint density at radius 2 is 1.75 bits per heavy atom. The van der Waals surface area contributed by atoms with Gasteiger partial charge in [0.05, 0.1) is 29.6 Å². The van der Waals surface area contributed by atoms with Crippen molar-refractivity contribution in [2.24, 2.45) is 4.99 Å². The first-order valence-corrected chi connectivity index (χ1v) is 10.9. The van der Waals surface area contributed by atoms with E-state index in [0.29, 0.717) is 5.76 Å². The molecule has 0 saturated carbocycles. The van der Waals surface area contributed by atoms with Crippen LogP contribution in [-0.2, 0) is 4.74 Å². The normalized spacial score (nSPS) is 14.7. The first kappa shape index (κ1) is 19.6. The Kier molecular flexibility index (Phi) is 6.42. The summed E-state index contributed by atoms with van der Waals surface area (Å²) in [4.78, 5) is 7.90. The topological polar surface area (TPSA) is 38.0 Å². The number of nitrogens with zero attached hydrogens (tertiary/aromatic N) is 2. The molecule has 4 rings (SSSR count). The standard InChI is InChI=1S/C21H18BrClN2O2S/c22-20-13-18(27-21(20)28-19-7-1-15(23)2-8-19)14-24-16-3-5-17(6-4-16)25-9-11-26-12-10-25/h1-8,13-14H,9-12H2. The highest BCUT2D eigenvalue weighted by atomic mass is 79.9. The number of aliphatic imine (C=N–C) groups is 1. The molecule has 4 nitrogen and oxygen atoms in total. The molecule has 3 aromatic rings. The average molecular weight is 478 g/mol. The fourth-order valence-electron chi connectivity index (χ4n) is 2.82. The van der Waals surface area contributed by atoms with Crippen molar-refractivity contribution in [3.8, 4) is 0 Å². The summed E-state index contributed by atoms with van der Waals surface area (Å²) in [6, 6.07) is 17.8. The fourth-order valence-corrected chi connectivity index (χ4v) is 4.28. The van der Waals surface area contributed by atoms with E-state index in [9.17, 15) is 0 Å². The van der Waals surface area contributed by atoms with Crippen molar-refractivity contribution in [2.45, 2.75) is 9.99 Å². The number of rotatable bonds is 5. The molecule has 1 fully saturated rings. The lowest BCUT2D eigenvalue weighted by molar-refractivity contribution is 0.122. The molecule has 1 aliphatic rings. The third-order valence-electron chi connectivity index (χ3n) is 4.27. The maximum absolute atomic E-state index is 5.94. The minimum absolute atomic E-state index is 0.695. The Morgan fingerprint density at radius 1 is 1.04 bits per heavy atom. The largest absolute Gasteiger partial charge is 0.447 e. The molecular formula is C21H18BrClN2O2S. The maximum atomic E-state index is 5.94. The van der Waals surface area contributed by atoms with Crippen LogP contribution in [-0.4, -0.2) is 32.5 Å². The number of halogens is 2. The van der Waals surface area contributed by atoms with Crippen LogP contribution in [0.2, 0.25) is 5.02 Å². The zero-order valence-electron chi connectivity index (χ0n) is 15.0. The molecular weight excluding hydrogens is 460 g/mol. The molecule has 2 heterocycles. The molecule has 0 unspecified atom stereocenters. The van der Waals surface area contributed by atoms with Gasteiger partial charge in [0.25, 0.3) is 0 Å². The highest BCUT2D eigenvalue weighted by Crippen LogP contribution is 2.36. The monoisotopic (exact) mass is 476 g/mol. The second kappa shape index (κ2) is 9.18. The van der Waals surface area contributed by atoms with Crippen molar-refractivity contribution < 1.29 is 9.15 Å². The van der Waals surface area contributed by atoms with Gasteiger partial charge >= 0.3 is 0 Å². The predicted molar refractivity (Wildman–Crippen MR) is 119 cm³/mol. The molecule has 0 N–H and O–H groups in total. The highest BCUT2D eigenvalue weighted by molar-refractivity contribution is 9.10. The van der Waals surface area contributed by atoms with Crippen molar-refractivity contribution in [3.05, 3.63) is 69.9 Å². The molecule has 0 atom stereocenters. The van der Waals surface area contributed by atoms with Gasteiger partial charge in [-0.2, -0.15) is 0 Å². The Morgan fingerprint density at radius 3 is 2.46 bits per heavy atom. The van der Waals surface area contributed by atoms with E-state index in [0.717, 1.165) is 51.5 Å². The van der Waals surface area contributed by atoms with Crippen LogP contribution in [0.5, 0.6) is 0 Å². The van der Waals surface area contributed by atoms with Crippen LogP contribution in [0.3, 0.4) is 0 Å². The van der Waals surface area contributed by atoms with Gasteiger partial charge in [0.15, 0.2) is 5.09 Å². The van der Waals surface area contributed by atoms with Crippen LogP contribution in [0.15, 0.2) is 78.5 Å². The Hall–Kier alpha value is -1.73. The van der Waals surface area contributed by atoms with E-state index in [1.165, 1.54) is 17.4 Å². The van der Waals surface area contributed by atoms with Gasteiger partial charge in [-0.15, -0.1) is 0 Å². The van der Waals surface area contributed by atoms with E-state index in [4.69, 9.17) is 20.8 Å². The summed E-state index contributed by atoms with van der Waals surface area (Å²) in [5, 5.41) is 1.50. The number of ether oxygens (including phenoxy) is 1. The quantitative estimate of drug-likeness (QED) is 0.397. The Bertz CT molecular complexity index is 952. The molecule has 1 aromatic heterocycles. The predicted octanol–water partition coefficient (Wildman–Crippen LogP) is 6.43. The van der Waals surface area contributed by atoms with Crippen molar-refractivity contribution in [2.75, 3.05) is 31.2 Å². The van der Waals surface area contributed by atoms with Gasteiger partial charge in [0, 0.05) is 34.8 Å². The van der Waals surface area contributed by atoms with Gasteiger partial charge in [0.2, 0.25) is 0 Å². The number of hydrogen-bond donors (Lipinski definition) is 0.